The SMILES string of the molecule is CCC1=CCN(C)C1. The molecule has 1 heterocycles. The van der Waals surface area contributed by atoms with Gasteiger partial charge in [-0.05, 0) is 13.5 Å². The van der Waals surface area contributed by atoms with Gasteiger partial charge in [-0.25, -0.2) is 0 Å². The predicted molar refractivity (Wildman–Crippen MR) is 35.9 cm³/mol. The molecule has 0 atom stereocenters. The second-order valence-corrected chi connectivity index (χ2v) is 2.41. The first-order valence-corrected chi connectivity index (χ1v) is 3.19. The van der Waals surface area contributed by atoms with E-state index in [9.17, 15) is 0 Å². The van der Waals surface area contributed by atoms with E-state index in [1.54, 1.807) is 5.57 Å². The normalized spacial score (nSPS) is 21.5. The highest BCUT2D eigenvalue weighted by Crippen LogP contribution is 2.08. The van der Waals surface area contributed by atoms with E-state index in [2.05, 4.69) is 24.9 Å². The summed E-state index contributed by atoms with van der Waals surface area (Å²) in [5.74, 6) is 0. The molecule has 0 aromatic heterocycles. The van der Waals surface area contributed by atoms with Gasteiger partial charge in [-0.2, -0.15) is 0 Å². The molecule has 0 bridgehead atoms. The smallest absolute Gasteiger partial charge is 0.0193 e. The van der Waals surface area contributed by atoms with Crippen molar-refractivity contribution in [3.05, 3.63) is 11.6 Å². The Kier molecular flexibility index (Phi) is 1.69. The van der Waals surface area contributed by atoms with E-state index in [4.69, 9.17) is 0 Å². The molecule has 1 aliphatic rings. The summed E-state index contributed by atoms with van der Waals surface area (Å²) < 4.78 is 0. The summed E-state index contributed by atoms with van der Waals surface area (Å²) in [5.41, 5.74) is 1.59. The van der Waals surface area contributed by atoms with Crippen LogP contribution in [0.5, 0.6) is 0 Å². The third-order valence-corrected chi connectivity index (χ3v) is 1.62. The number of hydrogen-bond donors (Lipinski definition) is 0. The molecular weight excluding hydrogens is 98.1 g/mol. The van der Waals surface area contributed by atoms with Crippen LogP contribution in [0, 0.1) is 0 Å². The number of likely N-dealkylation sites (N-methyl/N-ethyl adjacent to an activating group) is 1. The third kappa shape index (κ3) is 1.10. The summed E-state index contributed by atoms with van der Waals surface area (Å²) >= 11 is 0. The first-order chi connectivity index (χ1) is 3.83. The van der Waals surface area contributed by atoms with Crippen molar-refractivity contribution in [2.45, 2.75) is 13.3 Å². The summed E-state index contributed by atoms with van der Waals surface area (Å²) in [6, 6.07) is 0. The topological polar surface area (TPSA) is 3.24 Å². The molecule has 0 unspecified atom stereocenters. The lowest BCUT2D eigenvalue weighted by Crippen LogP contribution is -2.13. The fourth-order valence-corrected chi connectivity index (χ4v) is 1.02. The molecule has 0 spiro atoms. The Bertz CT molecular complexity index is 105. The third-order valence-electron chi connectivity index (χ3n) is 1.62. The molecule has 0 radical (unpaired) electrons. The molecule has 0 amide bonds. The van der Waals surface area contributed by atoms with Gasteiger partial charge in [0.1, 0.15) is 0 Å². The van der Waals surface area contributed by atoms with Crippen LogP contribution >= 0.6 is 0 Å². The van der Waals surface area contributed by atoms with E-state index in [0.717, 1.165) is 6.54 Å². The second-order valence-electron chi connectivity index (χ2n) is 2.41. The fourth-order valence-electron chi connectivity index (χ4n) is 1.02. The van der Waals surface area contributed by atoms with Crippen molar-refractivity contribution in [3.8, 4) is 0 Å². The van der Waals surface area contributed by atoms with Crippen LogP contribution in [0.25, 0.3) is 0 Å². The van der Waals surface area contributed by atoms with Gasteiger partial charge in [0.05, 0.1) is 0 Å². The van der Waals surface area contributed by atoms with Crippen LogP contribution in [0.3, 0.4) is 0 Å². The highest BCUT2D eigenvalue weighted by Gasteiger charge is 2.05. The largest absolute Gasteiger partial charge is 0.299 e. The maximum atomic E-state index is 2.32. The van der Waals surface area contributed by atoms with Gasteiger partial charge >= 0.3 is 0 Å². The van der Waals surface area contributed by atoms with Crippen molar-refractivity contribution in [1.29, 1.82) is 0 Å². The maximum Gasteiger partial charge on any atom is 0.0193 e. The highest BCUT2D eigenvalue weighted by atomic mass is 15.1. The Morgan fingerprint density at radius 1 is 1.75 bits per heavy atom. The molecule has 0 N–H and O–H groups in total. The molecule has 0 aromatic rings. The standard InChI is InChI=1S/C7H13N/c1-3-7-4-5-8(2)6-7/h4H,3,5-6H2,1-2H3. The molecule has 1 rings (SSSR count). The Morgan fingerprint density at radius 2 is 2.50 bits per heavy atom. The molecule has 1 aliphatic heterocycles. The van der Waals surface area contributed by atoms with Gasteiger partial charge in [-0.1, -0.05) is 18.6 Å². The number of hydrogen-bond acceptors (Lipinski definition) is 1. The van der Waals surface area contributed by atoms with Crippen molar-refractivity contribution in [1.82, 2.24) is 4.90 Å². The van der Waals surface area contributed by atoms with Crippen LogP contribution in [-0.2, 0) is 0 Å². The molecule has 46 valence electrons. The van der Waals surface area contributed by atoms with Gasteiger partial charge in [0.15, 0.2) is 0 Å². The molecule has 1 nitrogen and oxygen atoms in total. The summed E-state index contributed by atoms with van der Waals surface area (Å²) in [7, 11) is 2.15. The minimum Gasteiger partial charge on any atom is -0.299 e. The van der Waals surface area contributed by atoms with Gasteiger partial charge in [0.2, 0.25) is 0 Å². The summed E-state index contributed by atoms with van der Waals surface area (Å²) in [4.78, 5) is 2.32. The Morgan fingerprint density at radius 3 is 2.75 bits per heavy atom. The summed E-state index contributed by atoms with van der Waals surface area (Å²) in [6.07, 6.45) is 3.55. The zero-order valence-electron chi connectivity index (χ0n) is 5.65. The van der Waals surface area contributed by atoms with E-state index in [-0.39, 0.29) is 0 Å². The highest BCUT2D eigenvalue weighted by molar-refractivity contribution is 5.09. The van der Waals surface area contributed by atoms with Gasteiger partial charge < -0.3 is 0 Å². The zero-order valence-corrected chi connectivity index (χ0v) is 5.65. The molecule has 0 saturated carbocycles. The van der Waals surface area contributed by atoms with E-state index in [1.165, 1.54) is 13.0 Å². The van der Waals surface area contributed by atoms with Gasteiger partial charge in [-0.3, -0.25) is 4.90 Å². The summed E-state index contributed by atoms with van der Waals surface area (Å²) in [6.45, 7) is 4.56. The van der Waals surface area contributed by atoms with Crippen molar-refractivity contribution in [2.75, 3.05) is 20.1 Å². The Labute approximate surface area is 51.0 Å². The predicted octanol–water partition coefficient (Wildman–Crippen LogP) is 1.27. The van der Waals surface area contributed by atoms with E-state index >= 15 is 0 Å². The first kappa shape index (κ1) is 5.83. The van der Waals surface area contributed by atoms with Crippen molar-refractivity contribution in [3.63, 3.8) is 0 Å². The molecule has 8 heavy (non-hydrogen) atoms. The maximum absolute atomic E-state index is 2.32. The lowest BCUT2D eigenvalue weighted by atomic mass is 10.2. The van der Waals surface area contributed by atoms with E-state index < -0.39 is 0 Å². The molecule has 1 heteroatoms. The number of nitrogens with zero attached hydrogens (tertiary/aromatic N) is 1. The van der Waals surface area contributed by atoms with Crippen LogP contribution in [-0.4, -0.2) is 25.0 Å². The van der Waals surface area contributed by atoms with E-state index in [0.29, 0.717) is 0 Å². The van der Waals surface area contributed by atoms with Crippen LogP contribution in [0.1, 0.15) is 13.3 Å². The van der Waals surface area contributed by atoms with E-state index in [1.807, 2.05) is 0 Å². The lowest BCUT2D eigenvalue weighted by molar-refractivity contribution is 0.427. The van der Waals surface area contributed by atoms with Crippen molar-refractivity contribution < 1.29 is 0 Å². The lowest BCUT2D eigenvalue weighted by Gasteiger charge is -2.04. The molecular formula is C7H13N. The molecule has 0 aromatic carbocycles. The van der Waals surface area contributed by atoms with Crippen LogP contribution in [0.4, 0.5) is 0 Å². The Balaban J connectivity index is 2.37. The first-order valence-electron chi connectivity index (χ1n) is 3.19. The zero-order chi connectivity index (χ0) is 5.98. The fraction of sp³-hybridized carbons (Fsp3) is 0.714. The quantitative estimate of drug-likeness (QED) is 0.460. The second kappa shape index (κ2) is 2.31. The molecule has 0 fully saturated rings. The summed E-state index contributed by atoms with van der Waals surface area (Å²) in [5, 5.41) is 0. The van der Waals surface area contributed by atoms with Crippen LogP contribution in [0.2, 0.25) is 0 Å². The van der Waals surface area contributed by atoms with Gasteiger partial charge in [-0.15, -0.1) is 0 Å². The molecule has 0 aliphatic carbocycles. The van der Waals surface area contributed by atoms with Crippen molar-refractivity contribution in [2.24, 2.45) is 0 Å². The van der Waals surface area contributed by atoms with Crippen LogP contribution in [0.15, 0.2) is 11.6 Å². The molecule has 0 saturated heterocycles. The monoisotopic (exact) mass is 111 g/mol. The Hall–Kier alpha value is -0.300. The minimum absolute atomic E-state index is 1.16. The van der Waals surface area contributed by atoms with Crippen molar-refractivity contribution >= 4 is 0 Å². The minimum atomic E-state index is 1.16. The van der Waals surface area contributed by atoms with Gasteiger partial charge in [0, 0.05) is 13.1 Å². The van der Waals surface area contributed by atoms with Crippen LogP contribution < -0.4 is 0 Å². The number of rotatable bonds is 1. The average molecular weight is 111 g/mol. The van der Waals surface area contributed by atoms with Gasteiger partial charge in [0.25, 0.3) is 0 Å². The average Bonchev–Trinajstić information content (AvgIpc) is 2.14.